The fourth-order valence-corrected chi connectivity index (χ4v) is 2.16. The van der Waals surface area contributed by atoms with Crippen molar-refractivity contribution >= 4 is 34.3 Å². The highest BCUT2D eigenvalue weighted by molar-refractivity contribution is 7.17. The number of hydrogen-bond donors (Lipinski definition) is 2. The maximum Gasteiger partial charge on any atom is 0.404 e. The highest BCUT2D eigenvalue weighted by atomic mass is 32.1. The number of rotatable bonds is 7. The number of primary amides is 1. The van der Waals surface area contributed by atoms with Crippen molar-refractivity contribution in [2.45, 2.75) is 13.8 Å². The quantitative estimate of drug-likeness (QED) is 0.438. The van der Waals surface area contributed by atoms with Crippen LogP contribution >= 0.6 is 11.3 Å². The van der Waals surface area contributed by atoms with E-state index in [-0.39, 0.29) is 36.1 Å². The van der Waals surface area contributed by atoms with Crippen molar-refractivity contribution in [3.63, 3.8) is 0 Å². The van der Waals surface area contributed by atoms with Crippen LogP contribution in [-0.4, -0.2) is 42.6 Å². The summed E-state index contributed by atoms with van der Waals surface area (Å²) in [6, 6.07) is 0. The molecule has 1 rings (SSSR count). The lowest BCUT2D eigenvalue weighted by Crippen LogP contribution is -2.18. The Hall–Kier alpha value is -2.16. The monoisotopic (exact) mass is 301 g/mol. The Kier molecular flexibility index (Phi) is 5.91. The predicted octanol–water partition coefficient (Wildman–Crippen LogP) is 1.03. The number of anilines is 1. The Morgan fingerprint density at radius 3 is 2.60 bits per heavy atom. The van der Waals surface area contributed by atoms with Crippen molar-refractivity contribution < 1.29 is 23.9 Å². The first-order valence-electron chi connectivity index (χ1n) is 5.80. The van der Waals surface area contributed by atoms with Gasteiger partial charge in [-0.2, -0.15) is 0 Å². The van der Waals surface area contributed by atoms with Gasteiger partial charge < -0.3 is 20.5 Å². The molecule has 0 saturated heterocycles. The summed E-state index contributed by atoms with van der Waals surface area (Å²) in [6.07, 6.45) is -0.873. The third-order valence-corrected chi connectivity index (χ3v) is 3.15. The minimum Gasteiger partial charge on any atom is -0.461 e. The average molecular weight is 301 g/mol. The van der Waals surface area contributed by atoms with Gasteiger partial charge in [0.15, 0.2) is 16.6 Å². The second-order valence-corrected chi connectivity index (χ2v) is 4.57. The molecule has 20 heavy (non-hydrogen) atoms. The number of Topliss-reactive ketones (excluding diaryl/α,β-unsaturated/α-hetero) is 1. The fourth-order valence-electron chi connectivity index (χ4n) is 1.28. The Bertz CT molecular complexity index is 514. The summed E-state index contributed by atoms with van der Waals surface area (Å²) < 4.78 is 9.36. The van der Waals surface area contributed by atoms with Gasteiger partial charge in [-0.15, -0.1) is 0 Å². The van der Waals surface area contributed by atoms with Gasteiger partial charge in [-0.05, 0) is 6.92 Å². The van der Waals surface area contributed by atoms with Gasteiger partial charge in [0.05, 0.1) is 13.2 Å². The van der Waals surface area contributed by atoms with E-state index < -0.39 is 12.1 Å². The molecule has 0 spiro atoms. The number of thiazole rings is 1. The van der Waals surface area contributed by atoms with E-state index >= 15 is 0 Å². The highest BCUT2D eigenvalue weighted by Gasteiger charge is 2.22. The third-order valence-electron chi connectivity index (χ3n) is 2.04. The Labute approximate surface area is 119 Å². The van der Waals surface area contributed by atoms with Gasteiger partial charge in [-0.1, -0.05) is 11.3 Å². The second-order valence-electron chi connectivity index (χ2n) is 3.57. The molecule has 110 valence electrons. The largest absolute Gasteiger partial charge is 0.461 e. The zero-order chi connectivity index (χ0) is 15.1. The molecule has 1 aromatic rings. The molecule has 1 aromatic heterocycles. The van der Waals surface area contributed by atoms with Crippen molar-refractivity contribution in [1.29, 1.82) is 0 Å². The third kappa shape index (κ3) is 4.50. The van der Waals surface area contributed by atoms with E-state index in [4.69, 9.17) is 10.5 Å². The summed E-state index contributed by atoms with van der Waals surface area (Å²) in [5.41, 5.74) is 4.79. The number of ether oxygens (including phenoxy) is 2. The van der Waals surface area contributed by atoms with Gasteiger partial charge in [0.25, 0.3) is 0 Å². The molecule has 0 aromatic carbocycles. The van der Waals surface area contributed by atoms with Crippen LogP contribution in [0, 0.1) is 0 Å². The van der Waals surface area contributed by atoms with E-state index in [1.807, 2.05) is 0 Å². The van der Waals surface area contributed by atoms with Crippen molar-refractivity contribution in [1.82, 2.24) is 4.98 Å². The van der Waals surface area contributed by atoms with Gasteiger partial charge in [-0.25, -0.2) is 14.6 Å². The Morgan fingerprint density at radius 2 is 2.05 bits per heavy atom. The van der Waals surface area contributed by atoms with Gasteiger partial charge in [-0.3, -0.25) is 4.79 Å². The molecule has 0 bridgehead atoms. The molecule has 8 nitrogen and oxygen atoms in total. The fraction of sp³-hybridized carbons (Fsp3) is 0.455. The number of hydrogen-bond acceptors (Lipinski definition) is 8. The number of nitrogens with two attached hydrogens (primary N) is 1. The zero-order valence-corrected chi connectivity index (χ0v) is 11.9. The summed E-state index contributed by atoms with van der Waals surface area (Å²) in [5, 5.41) is 3.19. The summed E-state index contributed by atoms with van der Waals surface area (Å²) in [6.45, 7) is 3.52. The van der Waals surface area contributed by atoms with E-state index in [1.54, 1.807) is 6.92 Å². The van der Waals surface area contributed by atoms with Crippen molar-refractivity contribution in [3.8, 4) is 0 Å². The normalized spacial score (nSPS) is 9.90. The first kappa shape index (κ1) is 15.9. The van der Waals surface area contributed by atoms with Crippen molar-refractivity contribution in [2.75, 3.05) is 25.1 Å². The first-order chi connectivity index (χ1) is 9.45. The Morgan fingerprint density at radius 1 is 1.35 bits per heavy atom. The van der Waals surface area contributed by atoms with E-state index in [0.717, 1.165) is 11.3 Å². The summed E-state index contributed by atoms with van der Waals surface area (Å²) >= 11 is 1.04. The molecule has 0 aliphatic heterocycles. The minimum absolute atomic E-state index is 0.0114. The summed E-state index contributed by atoms with van der Waals surface area (Å²) in [4.78, 5) is 37.7. The summed E-state index contributed by atoms with van der Waals surface area (Å²) in [7, 11) is 0. The molecule has 0 radical (unpaired) electrons. The number of nitrogens with zero attached hydrogens (tertiary/aromatic N) is 1. The molecular formula is C11H15N3O5S. The molecular weight excluding hydrogens is 286 g/mol. The molecule has 0 aliphatic carbocycles. The van der Waals surface area contributed by atoms with Crippen LogP contribution in [0.1, 0.15) is 34.0 Å². The lowest BCUT2D eigenvalue weighted by molar-refractivity contribution is 0.0517. The van der Waals surface area contributed by atoms with Crippen LogP contribution in [0.4, 0.5) is 9.93 Å². The average Bonchev–Trinajstić information content (AvgIpc) is 2.79. The number of amides is 1. The molecule has 0 saturated carbocycles. The molecule has 0 unspecified atom stereocenters. The van der Waals surface area contributed by atoms with Crippen LogP contribution in [0.25, 0.3) is 0 Å². The maximum absolute atomic E-state index is 11.7. The SMILES string of the molecule is CCOC(=O)c1nc(NCCOC(N)=O)sc1C(C)=O. The minimum atomic E-state index is -0.873. The predicted molar refractivity (Wildman–Crippen MR) is 72.1 cm³/mol. The number of carbonyl (C=O) groups excluding carboxylic acids is 3. The molecule has 9 heteroatoms. The second kappa shape index (κ2) is 7.43. The standard InChI is InChI=1S/C11H15N3O5S/c1-3-18-9(16)7-8(6(2)15)20-11(14-7)13-4-5-19-10(12)17/h3-5H2,1-2H3,(H2,12,17)(H,13,14). The first-order valence-corrected chi connectivity index (χ1v) is 6.62. The number of ketones is 1. The topological polar surface area (TPSA) is 121 Å². The van der Waals surface area contributed by atoms with Crippen LogP contribution in [-0.2, 0) is 9.47 Å². The van der Waals surface area contributed by atoms with Crippen LogP contribution in [0.15, 0.2) is 0 Å². The number of nitrogens with one attached hydrogen (secondary N) is 1. The van der Waals surface area contributed by atoms with Crippen LogP contribution in [0.5, 0.6) is 0 Å². The van der Waals surface area contributed by atoms with E-state index in [0.29, 0.717) is 5.13 Å². The summed E-state index contributed by atoms with van der Waals surface area (Å²) in [5.74, 6) is -0.914. The van der Waals surface area contributed by atoms with Gasteiger partial charge in [0.1, 0.15) is 11.5 Å². The van der Waals surface area contributed by atoms with E-state index in [2.05, 4.69) is 15.0 Å². The highest BCUT2D eigenvalue weighted by Crippen LogP contribution is 2.24. The maximum atomic E-state index is 11.7. The van der Waals surface area contributed by atoms with E-state index in [1.165, 1.54) is 6.92 Å². The Balaban J connectivity index is 2.73. The van der Waals surface area contributed by atoms with Gasteiger partial charge in [0.2, 0.25) is 0 Å². The number of aromatic nitrogens is 1. The van der Waals surface area contributed by atoms with Gasteiger partial charge >= 0.3 is 12.1 Å². The molecule has 0 aliphatic rings. The van der Waals surface area contributed by atoms with E-state index in [9.17, 15) is 14.4 Å². The number of carbonyl (C=O) groups is 3. The van der Waals surface area contributed by atoms with Crippen LogP contribution < -0.4 is 11.1 Å². The zero-order valence-electron chi connectivity index (χ0n) is 11.1. The molecule has 0 atom stereocenters. The number of esters is 1. The van der Waals surface area contributed by atoms with Crippen molar-refractivity contribution in [3.05, 3.63) is 10.6 Å². The molecule has 0 fully saturated rings. The van der Waals surface area contributed by atoms with Crippen LogP contribution in [0.3, 0.4) is 0 Å². The molecule has 1 heterocycles. The smallest absolute Gasteiger partial charge is 0.404 e. The lowest BCUT2D eigenvalue weighted by atomic mass is 10.3. The molecule has 3 N–H and O–H groups in total. The van der Waals surface area contributed by atoms with Gasteiger partial charge in [0, 0.05) is 6.92 Å². The molecule has 1 amide bonds. The van der Waals surface area contributed by atoms with Crippen molar-refractivity contribution in [2.24, 2.45) is 5.73 Å². The lowest BCUT2D eigenvalue weighted by Gasteiger charge is -2.02. The van der Waals surface area contributed by atoms with Crippen LogP contribution in [0.2, 0.25) is 0 Å².